The Bertz CT molecular complexity index is 924. The van der Waals surface area contributed by atoms with Crippen LogP contribution in [0.25, 0.3) is 0 Å². The fourth-order valence-corrected chi connectivity index (χ4v) is 3.34. The zero-order valence-corrected chi connectivity index (χ0v) is 17.1. The summed E-state index contributed by atoms with van der Waals surface area (Å²) in [6.45, 7) is 4.81. The minimum Gasteiger partial charge on any atom is -0.484 e. The smallest absolute Gasteiger partial charge is 0.271 e. The number of aryl methyl sites for hydroxylation is 2. The van der Waals surface area contributed by atoms with E-state index in [1.807, 2.05) is 26.0 Å². The number of H-pyrrole nitrogens is 1. The summed E-state index contributed by atoms with van der Waals surface area (Å²) >= 11 is 6.15. The van der Waals surface area contributed by atoms with Gasteiger partial charge in [0.1, 0.15) is 11.4 Å². The number of benzene rings is 1. The molecule has 1 fully saturated rings. The van der Waals surface area contributed by atoms with Gasteiger partial charge in [0, 0.05) is 30.2 Å². The highest BCUT2D eigenvalue weighted by molar-refractivity contribution is 6.32. The highest BCUT2D eigenvalue weighted by Crippen LogP contribution is 2.26. The van der Waals surface area contributed by atoms with Crippen molar-refractivity contribution in [3.05, 3.63) is 56.5 Å². The van der Waals surface area contributed by atoms with E-state index < -0.39 is 0 Å². The van der Waals surface area contributed by atoms with Crippen LogP contribution >= 0.6 is 11.6 Å². The summed E-state index contributed by atoms with van der Waals surface area (Å²) < 4.78 is 5.64. The molecule has 1 aliphatic rings. The van der Waals surface area contributed by atoms with Gasteiger partial charge in [0.25, 0.3) is 17.4 Å². The fraction of sp³-hybridized carbons (Fsp3) is 0.400. The van der Waals surface area contributed by atoms with Crippen LogP contribution in [0.3, 0.4) is 0 Å². The maximum atomic E-state index is 12.4. The quantitative estimate of drug-likeness (QED) is 0.770. The second kappa shape index (κ2) is 9.09. The van der Waals surface area contributed by atoms with Gasteiger partial charge in [-0.25, -0.2) is 5.10 Å². The van der Waals surface area contributed by atoms with Gasteiger partial charge in [-0.1, -0.05) is 11.6 Å². The number of carbonyl (C=O) groups is 2. The van der Waals surface area contributed by atoms with E-state index in [1.165, 1.54) is 12.1 Å². The van der Waals surface area contributed by atoms with E-state index in [0.717, 1.165) is 11.1 Å². The van der Waals surface area contributed by atoms with E-state index >= 15 is 0 Å². The van der Waals surface area contributed by atoms with Crippen molar-refractivity contribution in [1.82, 2.24) is 20.4 Å². The van der Waals surface area contributed by atoms with Crippen molar-refractivity contribution in [2.75, 3.05) is 19.7 Å². The van der Waals surface area contributed by atoms with Crippen LogP contribution in [0.2, 0.25) is 5.02 Å². The van der Waals surface area contributed by atoms with Crippen molar-refractivity contribution >= 4 is 23.4 Å². The van der Waals surface area contributed by atoms with Crippen molar-refractivity contribution in [3.63, 3.8) is 0 Å². The Balaban J connectivity index is 1.46. The lowest BCUT2D eigenvalue weighted by Crippen LogP contribution is -2.47. The average Bonchev–Trinajstić information content (AvgIpc) is 2.71. The minimum absolute atomic E-state index is 0.0428. The topological polar surface area (TPSA) is 104 Å². The zero-order chi connectivity index (χ0) is 21.0. The molecule has 0 spiro atoms. The molecule has 0 unspecified atom stereocenters. The molecule has 0 aliphatic carbocycles. The standard InChI is InChI=1S/C20H23ClN4O4/c1-12-9-15(10-13(2)19(12)21)29-11-18(27)25-7-5-14(6-8-25)22-20(28)16-3-4-17(26)24-23-16/h3-4,9-10,14H,5-8,11H2,1-2H3,(H,22,28)(H,24,26). The van der Waals surface area contributed by atoms with E-state index in [-0.39, 0.29) is 35.7 Å². The first-order chi connectivity index (χ1) is 13.8. The average molecular weight is 419 g/mol. The molecule has 2 amide bonds. The Morgan fingerprint density at radius 3 is 2.48 bits per heavy atom. The van der Waals surface area contributed by atoms with Gasteiger partial charge in [0.05, 0.1) is 0 Å². The minimum atomic E-state index is -0.362. The number of likely N-dealkylation sites (tertiary alicyclic amines) is 1. The van der Waals surface area contributed by atoms with Gasteiger partial charge in [-0.3, -0.25) is 14.4 Å². The molecular weight excluding hydrogens is 396 g/mol. The number of hydrogen-bond acceptors (Lipinski definition) is 5. The third kappa shape index (κ3) is 5.35. The predicted octanol–water partition coefficient (Wildman–Crippen LogP) is 1.84. The van der Waals surface area contributed by atoms with E-state index in [4.69, 9.17) is 16.3 Å². The molecule has 1 aliphatic heterocycles. The van der Waals surface area contributed by atoms with E-state index in [9.17, 15) is 14.4 Å². The molecule has 154 valence electrons. The molecule has 0 atom stereocenters. The van der Waals surface area contributed by atoms with Crippen LogP contribution in [-0.2, 0) is 4.79 Å². The van der Waals surface area contributed by atoms with Gasteiger partial charge in [0.15, 0.2) is 6.61 Å². The maximum absolute atomic E-state index is 12.4. The van der Waals surface area contributed by atoms with Gasteiger partial charge in [-0.2, -0.15) is 5.10 Å². The molecule has 8 nitrogen and oxygen atoms in total. The third-order valence-corrected chi connectivity index (χ3v) is 5.46. The second-order valence-electron chi connectivity index (χ2n) is 7.09. The van der Waals surface area contributed by atoms with E-state index in [0.29, 0.717) is 36.7 Å². The molecular formula is C20H23ClN4O4. The second-order valence-corrected chi connectivity index (χ2v) is 7.47. The number of aromatic amines is 1. The Kier molecular flexibility index (Phi) is 6.53. The van der Waals surface area contributed by atoms with E-state index in [2.05, 4.69) is 15.5 Å². The van der Waals surface area contributed by atoms with Gasteiger partial charge in [-0.05, 0) is 56.0 Å². The number of ether oxygens (including phenoxy) is 1. The molecule has 0 bridgehead atoms. The molecule has 9 heteroatoms. The Morgan fingerprint density at radius 1 is 1.24 bits per heavy atom. The first-order valence-electron chi connectivity index (χ1n) is 9.37. The number of carbonyl (C=O) groups excluding carboxylic acids is 2. The van der Waals surface area contributed by atoms with Crippen LogP contribution in [0.1, 0.15) is 34.5 Å². The third-order valence-electron chi connectivity index (χ3n) is 4.87. The summed E-state index contributed by atoms with van der Waals surface area (Å²) in [6, 6.07) is 6.21. The van der Waals surface area contributed by atoms with Crippen molar-refractivity contribution in [2.45, 2.75) is 32.7 Å². The summed E-state index contributed by atoms with van der Waals surface area (Å²) in [7, 11) is 0. The Morgan fingerprint density at radius 2 is 1.90 bits per heavy atom. The van der Waals surface area contributed by atoms with Crippen LogP contribution in [0, 0.1) is 13.8 Å². The number of piperidine rings is 1. The summed E-state index contributed by atoms with van der Waals surface area (Å²) in [4.78, 5) is 37.4. The Hall–Kier alpha value is -2.87. The molecule has 0 saturated carbocycles. The predicted molar refractivity (Wildman–Crippen MR) is 108 cm³/mol. The highest BCUT2D eigenvalue weighted by Gasteiger charge is 2.24. The lowest BCUT2D eigenvalue weighted by molar-refractivity contribution is -0.134. The number of nitrogens with one attached hydrogen (secondary N) is 2. The molecule has 2 N–H and O–H groups in total. The van der Waals surface area contributed by atoms with E-state index in [1.54, 1.807) is 4.90 Å². The first-order valence-corrected chi connectivity index (χ1v) is 9.75. The fourth-order valence-electron chi connectivity index (χ4n) is 3.23. The molecule has 3 rings (SSSR count). The summed E-state index contributed by atoms with van der Waals surface area (Å²) in [6.07, 6.45) is 1.28. The number of hydrogen-bond donors (Lipinski definition) is 2. The van der Waals surface area contributed by atoms with Crippen molar-refractivity contribution in [3.8, 4) is 5.75 Å². The van der Waals surface area contributed by atoms with Gasteiger partial charge in [-0.15, -0.1) is 0 Å². The molecule has 0 radical (unpaired) electrons. The lowest BCUT2D eigenvalue weighted by Gasteiger charge is -2.32. The van der Waals surface area contributed by atoms with Gasteiger partial charge >= 0.3 is 0 Å². The number of rotatable bonds is 5. The Labute approximate surface area is 173 Å². The SMILES string of the molecule is Cc1cc(OCC(=O)N2CCC(NC(=O)c3ccc(=O)[nH]n3)CC2)cc(C)c1Cl. The van der Waals surface area contributed by atoms with Gasteiger partial charge < -0.3 is 15.0 Å². The molecule has 1 saturated heterocycles. The van der Waals surface area contributed by atoms with Crippen LogP contribution in [-0.4, -0.2) is 52.6 Å². The van der Waals surface area contributed by atoms with Gasteiger partial charge in [0.2, 0.25) is 0 Å². The van der Waals surface area contributed by atoms with Crippen molar-refractivity contribution in [2.24, 2.45) is 0 Å². The number of halogens is 1. The number of amides is 2. The van der Waals surface area contributed by atoms with Crippen LogP contribution < -0.4 is 15.6 Å². The molecule has 29 heavy (non-hydrogen) atoms. The molecule has 1 aromatic heterocycles. The summed E-state index contributed by atoms with van der Waals surface area (Å²) in [5.74, 6) is 0.179. The lowest BCUT2D eigenvalue weighted by atomic mass is 10.0. The van der Waals surface area contributed by atoms with Crippen molar-refractivity contribution in [1.29, 1.82) is 0 Å². The summed E-state index contributed by atoms with van der Waals surface area (Å²) in [5, 5.41) is 9.54. The largest absolute Gasteiger partial charge is 0.484 e. The van der Waals surface area contributed by atoms with Crippen LogP contribution in [0.4, 0.5) is 0 Å². The molecule has 2 heterocycles. The number of aromatic nitrogens is 2. The summed E-state index contributed by atoms with van der Waals surface area (Å²) in [5.41, 5.74) is 1.61. The van der Waals surface area contributed by atoms with Crippen molar-refractivity contribution < 1.29 is 14.3 Å². The monoisotopic (exact) mass is 418 g/mol. The molecule has 1 aromatic carbocycles. The van der Waals surface area contributed by atoms with Crippen LogP contribution in [0.5, 0.6) is 5.75 Å². The number of nitrogens with zero attached hydrogens (tertiary/aromatic N) is 2. The first kappa shape index (κ1) is 20.9. The van der Waals surface area contributed by atoms with Crippen LogP contribution in [0.15, 0.2) is 29.1 Å². The molecule has 2 aromatic rings. The highest BCUT2D eigenvalue weighted by atomic mass is 35.5. The zero-order valence-electron chi connectivity index (χ0n) is 16.3. The normalized spacial score (nSPS) is 14.5. The maximum Gasteiger partial charge on any atom is 0.271 e.